The first-order chi connectivity index (χ1) is 8.44. The number of halogens is 1. The number of nitrogens with one attached hydrogen (secondary N) is 1. The maximum absolute atomic E-state index is 12.7. The van der Waals surface area contributed by atoms with Gasteiger partial charge in [0, 0.05) is 12.5 Å². The minimum absolute atomic E-state index is 0.170. The van der Waals surface area contributed by atoms with E-state index in [-0.39, 0.29) is 11.2 Å². The monoisotopic (exact) mass is 313 g/mol. The molecule has 0 saturated carbocycles. The molecule has 0 radical (unpaired) electrons. The minimum atomic E-state index is -0.357. The van der Waals surface area contributed by atoms with Crippen molar-refractivity contribution in [1.29, 1.82) is 0 Å². The molecule has 2 heterocycles. The first-order valence-electron chi connectivity index (χ1n) is 6.37. The molecule has 1 aliphatic heterocycles. The van der Waals surface area contributed by atoms with E-state index in [4.69, 9.17) is 0 Å². The van der Waals surface area contributed by atoms with Gasteiger partial charge in [0.25, 0.3) is 0 Å². The lowest BCUT2D eigenvalue weighted by Gasteiger charge is -2.36. The number of ketones is 1. The zero-order chi connectivity index (χ0) is 13.3. The van der Waals surface area contributed by atoms with Crippen molar-refractivity contribution in [3.8, 4) is 0 Å². The van der Waals surface area contributed by atoms with Gasteiger partial charge < -0.3 is 5.32 Å². The number of hydrogen-bond donors (Lipinski definition) is 1. The summed E-state index contributed by atoms with van der Waals surface area (Å²) in [4.78, 5) is 12.7. The van der Waals surface area contributed by atoms with Gasteiger partial charge in [0.15, 0.2) is 5.78 Å². The van der Waals surface area contributed by atoms with Gasteiger partial charge in [-0.05, 0) is 47.8 Å². The molecule has 0 aliphatic carbocycles. The minimum Gasteiger partial charge on any atom is -0.316 e. The second-order valence-corrected chi connectivity index (χ2v) is 6.41. The van der Waals surface area contributed by atoms with Gasteiger partial charge >= 0.3 is 0 Å². The third-order valence-corrected chi connectivity index (χ3v) is 4.59. The maximum Gasteiger partial charge on any atom is 0.187 e. The molecule has 0 bridgehead atoms. The maximum atomic E-state index is 12.7. The number of piperidine rings is 1. The van der Waals surface area contributed by atoms with Gasteiger partial charge in [0.1, 0.15) is 5.69 Å². The number of nitrogens with zero attached hydrogens (tertiary/aromatic N) is 2. The average molecular weight is 314 g/mol. The Morgan fingerprint density at radius 1 is 1.61 bits per heavy atom. The summed E-state index contributed by atoms with van der Waals surface area (Å²) in [6.07, 6.45) is 3.94. The highest BCUT2D eigenvalue weighted by Crippen LogP contribution is 2.36. The Hall–Kier alpha value is -0.680. The molecule has 1 saturated heterocycles. The Labute approximate surface area is 116 Å². The van der Waals surface area contributed by atoms with Crippen LogP contribution in [0.2, 0.25) is 0 Å². The van der Waals surface area contributed by atoms with Crippen LogP contribution in [0.5, 0.6) is 0 Å². The number of hydrogen-bond acceptors (Lipinski definition) is 3. The molecule has 1 N–H and O–H groups in total. The molecule has 4 nitrogen and oxygen atoms in total. The zero-order valence-corrected chi connectivity index (χ0v) is 12.7. The van der Waals surface area contributed by atoms with Crippen molar-refractivity contribution in [3.63, 3.8) is 0 Å². The number of aryl methyl sites for hydroxylation is 1. The van der Waals surface area contributed by atoms with Crippen LogP contribution in [0.3, 0.4) is 0 Å². The lowest BCUT2D eigenvalue weighted by Crippen LogP contribution is -2.43. The number of carbonyl (C=O) groups excluding carboxylic acids is 1. The molecule has 1 unspecified atom stereocenters. The highest BCUT2D eigenvalue weighted by molar-refractivity contribution is 9.10. The Balaban J connectivity index is 2.26. The van der Waals surface area contributed by atoms with E-state index in [1.54, 1.807) is 10.9 Å². The zero-order valence-electron chi connectivity index (χ0n) is 11.2. The summed E-state index contributed by atoms with van der Waals surface area (Å²) >= 11 is 3.41. The van der Waals surface area contributed by atoms with Crippen LogP contribution in [0.4, 0.5) is 0 Å². The molecule has 5 heteroatoms. The highest BCUT2D eigenvalue weighted by atomic mass is 79.9. The van der Waals surface area contributed by atoms with Crippen molar-refractivity contribution in [2.75, 3.05) is 13.1 Å². The van der Waals surface area contributed by atoms with Crippen molar-refractivity contribution < 1.29 is 4.79 Å². The number of Topliss-reactive ketones (excluding diaryl/α,β-unsaturated/α-hetero) is 1. The predicted octanol–water partition coefficient (Wildman–Crippen LogP) is 2.39. The molecule has 1 aromatic heterocycles. The van der Waals surface area contributed by atoms with Crippen LogP contribution in [0, 0.1) is 11.3 Å². The lowest BCUT2D eigenvalue weighted by molar-refractivity contribution is 0.0696. The number of rotatable bonds is 3. The summed E-state index contributed by atoms with van der Waals surface area (Å²) in [5.74, 6) is 0.559. The predicted molar refractivity (Wildman–Crippen MR) is 74.6 cm³/mol. The molecule has 0 aromatic carbocycles. The molecule has 1 aromatic rings. The van der Waals surface area contributed by atoms with Crippen LogP contribution < -0.4 is 5.32 Å². The van der Waals surface area contributed by atoms with E-state index in [0.29, 0.717) is 11.6 Å². The van der Waals surface area contributed by atoms with Crippen LogP contribution in [-0.2, 0) is 7.05 Å². The summed E-state index contributed by atoms with van der Waals surface area (Å²) in [5.41, 5.74) is 0.314. The van der Waals surface area contributed by atoms with Gasteiger partial charge in [-0.1, -0.05) is 13.8 Å². The fraction of sp³-hybridized carbons (Fsp3) is 0.692. The van der Waals surface area contributed by atoms with Gasteiger partial charge in [-0.3, -0.25) is 9.48 Å². The van der Waals surface area contributed by atoms with Gasteiger partial charge in [0.2, 0.25) is 0 Å². The van der Waals surface area contributed by atoms with Crippen molar-refractivity contribution in [2.45, 2.75) is 26.7 Å². The fourth-order valence-electron chi connectivity index (χ4n) is 2.62. The fourth-order valence-corrected chi connectivity index (χ4v) is 3.15. The molecular weight excluding hydrogens is 294 g/mol. The number of aromatic nitrogens is 2. The van der Waals surface area contributed by atoms with Crippen LogP contribution in [-0.4, -0.2) is 28.7 Å². The lowest BCUT2D eigenvalue weighted by atomic mass is 9.71. The molecule has 0 amide bonds. The molecule has 18 heavy (non-hydrogen) atoms. The van der Waals surface area contributed by atoms with Gasteiger partial charge in [-0.2, -0.15) is 5.10 Å². The quantitative estimate of drug-likeness (QED) is 0.872. The highest BCUT2D eigenvalue weighted by Gasteiger charge is 2.39. The van der Waals surface area contributed by atoms with Crippen LogP contribution in [0.25, 0.3) is 0 Å². The standard InChI is InChI=1S/C13H20BrN3O/c1-13(2,9-5-4-6-15-7-9)12(18)11-10(14)8-16-17(11)3/h8-9,15H,4-7H2,1-3H3. The molecule has 1 fully saturated rings. The first-order valence-corrected chi connectivity index (χ1v) is 7.17. The van der Waals surface area contributed by atoms with Crippen LogP contribution in [0.15, 0.2) is 10.7 Å². The third-order valence-electron chi connectivity index (χ3n) is 4.01. The summed E-state index contributed by atoms with van der Waals surface area (Å²) in [5, 5.41) is 7.51. The Morgan fingerprint density at radius 3 is 2.83 bits per heavy atom. The second-order valence-electron chi connectivity index (χ2n) is 5.56. The topological polar surface area (TPSA) is 46.9 Å². The normalized spacial score (nSPS) is 21.0. The van der Waals surface area contributed by atoms with Crippen molar-refractivity contribution in [1.82, 2.24) is 15.1 Å². The van der Waals surface area contributed by atoms with Crippen molar-refractivity contribution in [3.05, 3.63) is 16.4 Å². The molecule has 2 rings (SSSR count). The van der Waals surface area contributed by atoms with Crippen molar-refractivity contribution in [2.24, 2.45) is 18.4 Å². The van der Waals surface area contributed by atoms with E-state index < -0.39 is 0 Å². The summed E-state index contributed by atoms with van der Waals surface area (Å²) in [6, 6.07) is 0. The average Bonchev–Trinajstić information content (AvgIpc) is 2.69. The van der Waals surface area contributed by atoms with Gasteiger partial charge in [-0.15, -0.1) is 0 Å². The van der Waals surface area contributed by atoms with Crippen LogP contribution >= 0.6 is 15.9 Å². The molecule has 0 spiro atoms. The summed E-state index contributed by atoms with van der Waals surface area (Å²) < 4.78 is 2.44. The summed E-state index contributed by atoms with van der Waals surface area (Å²) in [7, 11) is 1.81. The van der Waals surface area contributed by atoms with E-state index in [0.717, 1.165) is 30.4 Å². The largest absolute Gasteiger partial charge is 0.316 e. The van der Waals surface area contributed by atoms with Gasteiger partial charge in [-0.25, -0.2) is 0 Å². The second kappa shape index (κ2) is 5.13. The van der Waals surface area contributed by atoms with E-state index in [2.05, 4.69) is 26.3 Å². The van der Waals surface area contributed by atoms with Crippen molar-refractivity contribution >= 4 is 21.7 Å². The van der Waals surface area contributed by atoms with E-state index in [1.807, 2.05) is 20.9 Å². The van der Waals surface area contributed by atoms with E-state index in [1.165, 1.54) is 0 Å². The first kappa shape index (κ1) is 13.7. The third kappa shape index (κ3) is 2.38. The Bertz CT molecular complexity index is 428. The Kier molecular flexibility index (Phi) is 3.92. The SMILES string of the molecule is Cn1ncc(Br)c1C(=O)C(C)(C)C1CCCNC1. The van der Waals surface area contributed by atoms with Gasteiger partial charge in [0.05, 0.1) is 10.7 Å². The van der Waals surface area contributed by atoms with E-state index >= 15 is 0 Å². The molecular formula is C13H20BrN3O. The van der Waals surface area contributed by atoms with Crippen LogP contribution in [0.1, 0.15) is 37.2 Å². The molecule has 100 valence electrons. The molecule has 1 atom stereocenters. The van der Waals surface area contributed by atoms with E-state index in [9.17, 15) is 4.79 Å². The summed E-state index contributed by atoms with van der Waals surface area (Å²) in [6.45, 7) is 6.09. The smallest absolute Gasteiger partial charge is 0.187 e. The number of carbonyl (C=O) groups is 1. The Morgan fingerprint density at radius 2 is 2.33 bits per heavy atom. The molecule has 1 aliphatic rings.